The highest BCUT2D eigenvalue weighted by Gasteiger charge is 2.19. The fourth-order valence-electron chi connectivity index (χ4n) is 3.45. The van der Waals surface area contributed by atoms with Crippen molar-refractivity contribution in [2.75, 3.05) is 18.5 Å². The van der Waals surface area contributed by atoms with Crippen LogP contribution in [0.5, 0.6) is 0 Å². The molecule has 0 amide bonds. The summed E-state index contributed by atoms with van der Waals surface area (Å²) in [6.07, 6.45) is 0. The zero-order valence-corrected chi connectivity index (χ0v) is 26.5. The topological polar surface area (TPSA) is 104 Å². The Labute approximate surface area is 239 Å². The van der Waals surface area contributed by atoms with E-state index in [0.29, 0.717) is 27.3 Å². The van der Waals surface area contributed by atoms with Gasteiger partial charge in [-0.1, -0.05) is 54.4 Å². The lowest BCUT2D eigenvalue weighted by Gasteiger charge is -2.15. The third-order valence-electron chi connectivity index (χ3n) is 5.78. The summed E-state index contributed by atoms with van der Waals surface area (Å²) in [7, 11) is -1.17. The van der Waals surface area contributed by atoms with E-state index in [2.05, 4.69) is 72.8 Å². The van der Waals surface area contributed by atoms with E-state index >= 15 is 0 Å². The highest BCUT2D eigenvalue weighted by molar-refractivity contribution is 9.11. The molecule has 0 saturated carbocycles. The maximum absolute atomic E-state index is 12.1. The van der Waals surface area contributed by atoms with Gasteiger partial charge in [0, 0.05) is 25.8 Å². The second kappa shape index (κ2) is 12.2. The number of nitrogens with zero attached hydrogens (tertiary/aromatic N) is 5. The molecule has 1 N–H and O–H groups in total. The van der Waals surface area contributed by atoms with E-state index in [1.54, 1.807) is 18.3 Å². The molecule has 38 heavy (non-hydrogen) atoms. The quantitative estimate of drug-likeness (QED) is 0.116. The van der Waals surface area contributed by atoms with Crippen molar-refractivity contribution >= 4 is 79.6 Å². The number of nitrogens with one attached hydrogen (secondary N) is 1. The average molecular weight is 636 g/mol. The van der Waals surface area contributed by atoms with E-state index in [0.717, 1.165) is 38.8 Å². The summed E-state index contributed by atoms with van der Waals surface area (Å²) in [5.41, 5.74) is 3.10. The van der Waals surface area contributed by atoms with Crippen LogP contribution in [0.3, 0.4) is 0 Å². The number of hydrogen-bond donors (Lipinski definition) is 1. The molecule has 202 valence electrons. The smallest absolute Gasteiger partial charge is 0.359 e. The molecule has 4 rings (SSSR count). The number of para-hydroxylation sites is 1. The van der Waals surface area contributed by atoms with E-state index in [-0.39, 0.29) is 12.3 Å². The molecule has 0 radical (unpaired) electrons. The molecule has 4 aromatic rings. The minimum Gasteiger partial charge on any atom is -0.461 e. The number of rotatable bonds is 10. The summed E-state index contributed by atoms with van der Waals surface area (Å²) in [6, 6.07) is 9.33. The zero-order valence-electron chi connectivity index (χ0n) is 22.3. The van der Waals surface area contributed by atoms with Crippen LogP contribution in [0.25, 0.3) is 10.2 Å². The van der Waals surface area contributed by atoms with Crippen molar-refractivity contribution in [1.29, 1.82) is 0 Å². The summed E-state index contributed by atoms with van der Waals surface area (Å²) >= 11 is 6.28. The van der Waals surface area contributed by atoms with Crippen LogP contribution in [0, 0.1) is 13.8 Å². The maximum Gasteiger partial charge on any atom is 0.359 e. The Morgan fingerprint density at radius 1 is 1.16 bits per heavy atom. The first-order valence-electron chi connectivity index (χ1n) is 12.2. The number of halogens is 1. The number of thiazole rings is 2. The summed E-state index contributed by atoms with van der Waals surface area (Å²) in [6.45, 7) is 14.2. The van der Waals surface area contributed by atoms with E-state index in [9.17, 15) is 4.79 Å². The summed E-state index contributed by atoms with van der Waals surface area (Å²) in [5.74, 6) is 0.623. The Hall–Kier alpha value is -2.45. The molecular weight excluding hydrogens is 604 g/mol. The number of hydrogen-bond acceptors (Lipinski definition) is 10. The Morgan fingerprint density at radius 3 is 2.66 bits per heavy atom. The third-order valence-corrected chi connectivity index (χ3v) is 10.2. The first-order chi connectivity index (χ1) is 18.1. The molecule has 1 aromatic carbocycles. The average Bonchev–Trinajstić information content (AvgIpc) is 3.40. The van der Waals surface area contributed by atoms with Gasteiger partial charge in [0.1, 0.15) is 10.5 Å². The van der Waals surface area contributed by atoms with Crippen LogP contribution in [-0.2, 0) is 16.2 Å². The van der Waals surface area contributed by atoms with Gasteiger partial charge in [-0.25, -0.2) is 9.78 Å². The lowest BCUT2D eigenvalue weighted by Crippen LogP contribution is -2.23. The predicted octanol–water partition coefficient (Wildman–Crippen LogP) is 6.79. The lowest BCUT2D eigenvalue weighted by atomic mass is 10.2. The first-order valence-corrected chi connectivity index (χ1v) is 18.4. The zero-order chi connectivity index (χ0) is 27.4. The monoisotopic (exact) mass is 634 g/mol. The molecule has 9 nitrogen and oxygen atoms in total. The summed E-state index contributed by atoms with van der Waals surface area (Å²) < 4.78 is 15.0. The number of esters is 1. The standard InChI is InChI=1S/C25H31BrN6O3S2Si/c1-7-35-23(33)19-20(26)37-24(27-19)28-21-15(2)16(3)22(31-30-21)29-25-32(14-34-12-13-38(4,5)6)17-10-8-9-11-18(17)36-25/h8-11H,7,12-14H2,1-6H3,(H,27,28,30)/b29-25-. The molecule has 0 aliphatic carbocycles. The van der Waals surface area contributed by atoms with Crippen LogP contribution in [0.15, 0.2) is 33.0 Å². The van der Waals surface area contributed by atoms with E-state index in [1.165, 1.54) is 11.3 Å². The van der Waals surface area contributed by atoms with Crippen LogP contribution < -0.4 is 10.1 Å². The highest BCUT2D eigenvalue weighted by Crippen LogP contribution is 2.32. The molecule has 0 spiro atoms. The fraction of sp³-hybridized carbons (Fsp3) is 0.400. The van der Waals surface area contributed by atoms with Gasteiger partial charge in [0.25, 0.3) is 0 Å². The Morgan fingerprint density at radius 2 is 1.92 bits per heavy atom. The molecule has 0 aliphatic rings. The third kappa shape index (κ3) is 6.75. The number of carbonyl (C=O) groups is 1. The van der Waals surface area contributed by atoms with Gasteiger partial charge >= 0.3 is 5.97 Å². The molecule has 0 saturated heterocycles. The van der Waals surface area contributed by atoms with Crippen LogP contribution in [0.4, 0.5) is 16.8 Å². The fourth-order valence-corrected chi connectivity index (χ4v) is 6.62. The molecule has 0 fully saturated rings. The number of fused-ring (bicyclic) bond motifs is 1. The van der Waals surface area contributed by atoms with Crippen molar-refractivity contribution < 1.29 is 14.3 Å². The van der Waals surface area contributed by atoms with Crippen molar-refractivity contribution in [2.45, 2.75) is 53.2 Å². The van der Waals surface area contributed by atoms with Crippen LogP contribution >= 0.6 is 38.6 Å². The van der Waals surface area contributed by atoms with Gasteiger partial charge < -0.3 is 14.8 Å². The van der Waals surface area contributed by atoms with Crippen LogP contribution in [0.1, 0.15) is 28.5 Å². The number of aromatic nitrogens is 4. The van der Waals surface area contributed by atoms with Crippen molar-refractivity contribution in [3.05, 3.63) is 49.7 Å². The number of benzene rings is 1. The first kappa shape index (κ1) is 28.6. The largest absolute Gasteiger partial charge is 0.461 e. The predicted molar refractivity (Wildman–Crippen MR) is 160 cm³/mol. The van der Waals surface area contributed by atoms with Crippen LogP contribution in [0.2, 0.25) is 25.7 Å². The van der Waals surface area contributed by atoms with E-state index in [1.807, 2.05) is 26.0 Å². The van der Waals surface area contributed by atoms with Crippen LogP contribution in [-0.4, -0.2) is 47.0 Å². The van der Waals surface area contributed by atoms with Gasteiger partial charge in [0.15, 0.2) is 27.3 Å². The van der Waals surface area contributed by atoms with Crippen molar-refractivity contribution in [1.82, 2.24) is 19.7 Å². The minimum atomic E-state index is -1.17. The van der Waals surface area contributed by atoms with Gasteiger partial charge in [0.05, 0.1) is 16.8 Å². The van der Waals surface area contributed by atoms with Gasteiger partial charge in [-0.15, -0.1) is 10.2 Å². The van der Waals surface area contributed by atoms with Gasteiger partial charge in [-0.3, -0.25) is 4.57 Å². The normalized spacial score (nSPS) is 12.3. The van der Waals surface area contributed by atoms with Crippen molar-refractivity contribution in [3.8, 4) is 0 Å². The molecule has 0 unspecified atom stereocenters. The number of carbonyl (C=O) groups excluding carboxylic acids is 1. The maximum atomic E-state index is 12.1. The Bertz CT molecular complexity index is 1530. The summed E-state index contributed by atoms with van der Waals surface area (Å²) in [5, 5.41) is 12.5. The second-order valence-electron chi connectivity index (χ2n) is 9.85. The number of ether oxygens (including phenoxy) is 2. The molecule has 13 heteroatoms. The molecule has 0 bridgehead atoms. The highest BCUT2D eigenvalue weighted by atomic mass is 79.9. The molecule has 3 aromatic heterocycles. The Kier molecular flexibility index (Phi) is 9.14. The Balaban J connectivity index is 1.62. The van der Waals surface area contributed by atoms with Crippen molar-refractivity contribution in [2.24, 2.45) is 4.99 Å². The minimum absolute atomic E-state index is 0.231. The van der Waals surface area contributed by atoms with Gasteiger partial charge in [0.2, 0.25) is 0 Å². The van der Waals surface area contributed by atoms with E-state index in [4.69, 9.17) is 14.5 Å². The molecule has 3 heterocycles. The van der Waals surface area contributed by atoms with Gasteiger partial charge in [-0.05, 0) is 54.9 Å². The second-order valence-corrected chi connectivity index (χ2v) is 18.8. The summed E-state index contributed by atoms with van der Waals surface area (Å²) in [4.78, 5) is 22.2. The molecule has 0 atom stereocenters. The SMILES string of the molecule is CCOC(=O)c1nc(Nc2nnc(/N=c3\sc4ccccc4n3COCC[Si](C)(C)C)c(C)c2C)sc1Br. The molecular formula is C25H31BrN6O3S2Si. The number of anilines is 2. The van der Waals surface area contributed by atoms with E-state index < -0.39 is 14.0 Å². The van der Waals surface area contributed by atoms with Crippen molar-refractivity contribution in [3.63, 3.8) is 0 Å². The van der Waals surface area contributed by atoms with Gasteiger partial charge in [-0.2, -0.15) is 4.99 Å². The molecule has 0 aliphatic heterocycles. The lowest BCUT2D eigenvalue weighted by molar-refractivity contribution is 0.0519.